The molecule has 3 rings (SSSR count). The summed E-state index contributed by atoms with van der Waals surface area (Å²) in [5.74, 6) is 0.458. The second-order valence-electron chi connectivity index (χ2n) is 6.17. The molecule has 21 heavy (non-hydrogen) atoms. The summed E-state index contributed by atoms with van der Waals surface area (Å²) < 4.78 is 5.08. The Kier molecular flexibility index (Phi) is 4.22. The van der Waals surface area contributed by atoms with E-state index in [-0.39, 0.29) is 12.0 Å². The first-order valence-electron chi connectivity index (χ1n) is 7.64. The van der Waals surface area contributed by atoms with Crippen LogP contribution in [0.4, 0.5) is 0 Å². The summed E-state index contributed by atoms with van der Waals surface area (Å²) >= 11 is 0. The lowest BCUT2D eigenvalue weighted by molar-refractivity contribution is -0.142. The molecule has 2 aliphatic heterocycles. The average molecular weight is 289 g/mol. The second-order valence-corrected chi connectivity index (χ2v) is 6.17. The summed E-state index contributed by atoms with van der Waals surface area (Å²) in [6.45, 7) is 2.57. The van der Waals surface area contributed by atoms with Crippen molar-refractivity contribution in [2.45, 2.75) is 24.9 Å². The molecule has 5 nitrogen and oxygen atoms in total. The fourth-order valence-electron chi connectivity index (χ4n) is 3.68. The smallest absolute Gasteiger partial charge is 0.323 e. The number of pyridine rings is 1. The van der Waals surface area contributed by atoms with E-state index in [9.17, 15) is 4.79 Å². The number of carbonyl (C=O) groups excluding carboxylic acids is 1. The highest BCUT2D eigenvalue weighted by Gasteiger charge is 2.37. The third-order valence-electron chi connectivity index (χ3n) is 4.76. The van der Waals surface area contributed by atoms with Crippen LogP contribution in [0.1, 0.15) is 24.4 Å². The number of esters is 1. The summed E-state index contributed by atoms with van der Waals surface area (Å²) in [7, 11) is 4.21. The fourth-order valence-corrected chi connectivity index (χ4v) is 3.68. The SMILES string of the molecule is CN(C[C@@H]1CCN(C)[C@H]1c1cccnc1)C1CCOC1=O. The number of ether oxygens (including phenoxy) is 1. The molecule has 5 heteroatoms. The molecule has 0 aromatic carbocycles. The number of hydrogen-bond acceptors (Lipinski definition) is 5. The molecule has 3 atom stereocenters. The second kappa shape index (κ2) is 6.12. The van der Waals surface area contributed by atoms with Gasteiger partial charge in [-0.25, -0.2) is 0 Å². The summed E-state index contributed by atoms with van der Waals surface area (Å²) in [5, 5.41) is 0. The standard InChI is InChI=1S/C16H23N3O2/c1-18-8-5-13(15(18)12-4-3-7-17-10-12)11-19(2)14-6-9-21-16(14)20/h3-4,7,10,13-15H,5-6,8-9,11H2,1-2H3/t13-,14?,15-/m0/s1. The predicted octanol–water partition coefficient (Wildman–Crippen LogP) is 1.32. The van der Waals surface area contributed by atoms with Gasteiger partial charge >= 0.3 is 5.97 Å². The topological polar surface area (TPSA) is 45.7 Å². The van der Waals surface area contributed by atoms with E-state index in [1.54, 1.807) is 0 Å². The van der Waals surface area contributed by atoms with Crippen molar-refractivity contribution in [3.63, 3.8) is 0 Å². The maximum atomic E-state index is 11.7. The van der Waals surface area contributed by atoms with E-state index < -0.39 is 0 Å². The van der Waals surface area contributed by atoms with Crippen LogP contribution in [0.25, 0.3) is 0 Å². The van der Waals surface area contributed by atoms with Crippen LogP contribution in [0.5, 0.6) is 0 Å². The molecule has 114 valence electrons. The van der Waals surface area contributed by atoms with Gasteiger partial charge in [0, 0.05) is 31.4 Å². The highest BCUT2D eigenvalue weighted by atomic mass is 16.5. The van der Waals surface area contributed by atoms with Crippen molar-refractivity contribution >= 4 is 5.97 Å². The van der Waals surface area contributed by atoms with Gasteiger partial charge in [0.05, 0.1) is 6.61 Å². The van der Waals surface area contributed by atoms with E-state index in [0.717, 1.165) is 25.9 Å². The Morgan fingerprint density at radius 1 is 1.48 bits per heavy atom. The fraction of sp³-hybridized carbons (Fsp3) is 0.625. The molecule has 3 heterocycles. The Labute approximate surface area is 125 Å². The van der Waals surface area contributed by atoms with Crippen molar-refractivity contribution in [1.29, 1.82) is 0 Å². The Morgan fingerprint density at radius 2 is 2.33 bits per heavy atom. The monoisotopic (exact) mass is 289 g/mol. The molecule has 0 radical (unpaired) electrons. The lowest BCUT2D eigenvalue weighted by atomic mass is 9.94. The molecule has 2 fully saturated rings. The quantitative estimate of drug-likeness (QED) is 0.782. The lowest BCUT2D eigenvalue weighted by Gasteiger charge is -2.30. The van der Waals surface area contributed by atoms with Gasteiger partial charge in [-0.2, -0.15) is 0 Å². The predicted molar refractivity (Wildman–Crippen MR) is 79.7 cm³/mol. The molecule has 0 amide bonds. The van der Waals surface area contributed by atoms with Gasteiger partial charge in [0.15, 0.2) is 0 Å². The zero-order chi connectivity index (χ0) is 14.8. The van der Waals surface area contributed by atoms with Crippen LogP contribution in [0.3, 0.4) is 0 Å². The van der Waals surface area contributed by atoms with Gasteiger partial charge in [0.25, 0.3) is 0 Å². The van der Waals surface area contributed by atoms with E-state index in [0.29, 0.717) is 18.6 Å². The maximum absolute atomic E-state index is 11.7. The molecule has 0 N–H and O–H groups in total. The minimum absolute atomic E-state index is 0.0644. The van der Waals surface area contributed by atoms with E-state index in [1.165, 1.54) is 5.56 Å². The van der Waals surface area contributed by atoms with Crippen LogP contribution in [-0.4, -0.2) is 60.6 Å². The molecule has 2 saturated heterocycles. The van der Waals surface area contributed by atoms with Crippen molar-refractivity contribution < 1.29 is 9.53 Å². The van der Waals surface area contributed by atoms with E-state index >= 15 is 0 Å². The average Bonchev–Trinajstić information content (AvgIpc) is 3.06. The molecule has 0 aliphatic carbocycles. The molecule has 1 aromatic rings. The number of likely N-dealkylation sites (tertiary alicyclic amines) is 1. The first kappa shape index (κ1) is 14.5. The van der Waals surface area contributed by atoms with Gasteiger partial charge in [0.1, 0.15) is 6.04 Å². The number of hydrogen-bond donors (Lipinski definition) is 0. The number of likely N-dealkylation sites (N-methyl/N-ethyl adjacent to an activating group) is 1. The molecule has 0 saturated carbocycles. The molecule has 2 aliphatic rings. The first-order chi connectivity index (χ1) is 10.2. The minimum atomic E-state index is -0.0678. The molecule has 1 aromatic heterocycles. The van der Waals surface area contributed by atoms with Crippen LogP contribution in [0.2, 0.25) is 0 Å². The van der Waals surface area contributed by atoms with E-state index in [4.69, 9.17) is 4.74 Å². The van der Waals surface area contributed by atoms with Crippen LogP contribution in [0.15, 0.2) is 24.5 Å². The summed E-state index contributed by atoms with van der Waals surface area (Å²) in [5.41, 5.74) is 1.27. The highest BCUT2D eigenvalue weighted by molar-refractivity contribution is 5.77. The van der Waals surface area contributed by atoms with Crippen molar-refractivity contribution in [3.05, 3.63) is 30.1 Å². The summed E-state index contributed by atoms with van der Waals surface area (Å²) in [6, 6.07) is 4.47. The number of nitrogens with zero attached hydrogens (tertiary/aromatic N) is 3. The van der Waals surface area contributed by atoms with Gasteiger partial charge in [-0.3, -0.25) is 19.6 Å². The van der Waals surface area contributed by atoms with Gasteiger partial charge in [0.2, 0.25) is 0 Å². The lowest BCUT2D eigenvalue weighted by Crippen LogP contribution is -2.39. The summed E-state index contributed by atoms with van der Waals surface area (Å²) in [4.78, 5) is 20.5. The Hall–Kier alpha value is -1.46. The number of cyclic esters (lactones) is 1. The number of rotatable bonds is 4. The van der Waals surface area contributed by atoms with Gasteiger partial charge in [-0.15, -0.1) is 0 Å². The highest BCUT2D eigenvalue weighted by Crippen LogP contribution is 2.36. The Balaban J connectivity index is 1.70. The molecule has 0 spiro atoms. The molecule has 0 bridgehead atoms. The van der Waals surface area contributed by atoms with Crippen LogP contribution >= 0.6 is 0 Å². The normalized spacial score (nSPS) is 30.0. The largest absolute Gasteiger partial charge is 0.464 e. The van der Waals surface area contributed by atoms with Crippen LogP contribution < -0.4 is 0 Å². The van der Waals surface area contributed by atoms with Crippen molar-refractivity contribution in [3.8, 4) is 0 Å². The number of carbonyl (C=O) groups is 1. The molecular formula is C16H23N3O2. The zero-order valence-corrected chi connectivity index (χ0v) is 12.7. The maximum Gasteiger partial charge on any atom is 0.323 e. The summed E-state index contributed by atoms with van der Waals surface area (Å²) in [6.07, 6.45) is 5.75. The van der Waals surface area contributed by atoms with Crippen molar-refractivity contribution in [2.75, 3.05) is 33.8 Å². The van der Waals surface area contributed by atoms with E-state index in [1.807, 2.05) is 25.5 Å². The first-order valence-corrected chi connectivity index (χ1v) is 7.64. The minimum Gasteiger partial charge on any atom is -0.464 e. The van der Waals surface area contributed by atoms with Crippen LogP contribution in [0, 0.1) is 5.92 Å². The Bertz CT molecular complexity index is 494. The van der Waals surface area contributed by atoms with E-state index in [2.05, 4.69) is 27.9 Å². The van der Waals surface area contributed by atoms with Gasteiger partial charge < -0.3 is 4.74 Å². The Morgan fingerprint density at radius 3 is 3.00 bits per heavy atom. The third-order valence-corrected chi connectivity index (χ3v) is 4.76. The third kappa shape index (κ3) is 2.94. The van der Waals surface area contributed by atoms with Crippen molar-refractivity contribution in [1.82, 2.24) is 14.8 Å². The molecular weight excluding hydrogens is 266 g/mol. The number of aromatic nitrogens is 1. The molecule has 1 unspecified atom stereocenters. The van der Waals surface area contributed by atoms with Gasteiger partial charge in [-0.05, 0) is 44.6 Å². The van der Waals surface area contributed by atoms with Crippen molar-refractivity contribution in [2.24, 2.45) is 5.92 Å². The van der Waals surface area contributed by atoms with Crippen LogP contribution in [-0.2, 0) is 9.53 Å². The zero-order valence-electron chi connectivity index (χ0n) is 12.7. The van der Waals surface area contributed by atoms with Gasteiger partial charge in [-0.1, -0.05) is 6.07 Å².